The normalized spacial score (nSPS) is 25.3. The van der Waals surface area contributed by atoms with Gasteiger partial charge in [0.1, 0.15) is 0 Å². The minimum Gasteiger partial charge on any atom is -0.382 e. The predicted molar refractivity (Wildman–Crippen MR) is 68.2 cm³/mol. The van der Waals surface area contributed by atoms with E-state index in [4.69, 9.17) is 0 Å². The standard InChI is InChI=1S/C11H15NOS.ClH/c13-14-8-6-11(7-9-14)12-10-4-2-1-3-5-10;/h1-5,11-12H,6-9H2;1H. The minimum absolute atomic E-state index is 0. The lowest BCUT2D eigenvalue weighted by atomic mass is 10.1. The van der Waals surface area contributed by atoms with Gasteiger partial charge in [-0.2, -0.15) is 0 Å². The highest BCUT2D eigenvalue weighted by molar-refractivity contribution is 7.85. The summed E-state index contributed by atoms with van der Waals surface area (Å²) < 4.78 is 11.1. The van der Waals surface area contributed by atoms with E-state index in [0.717, 1.165) is 24.3 Å². The maximum atomic E-state index is 11.1. The molecule has 1 saturated heterocycles. The van der Waals surface area contributed by atoms with Gasteiger partial charge < -0.3 is 5.32 Å². The summed E-state index contributed by atoms with van der Waals surface area (Å²) in [5, 5.41) is 3.47. The van der Waals surface area contributed by atoms with Crippen molar-refractivity contribution < 1.29 is 4.21 Å². The van der Waals surface area contributed by atoms with Crippen LogP contribution in [0.25, 0.3) is 0 Å². The fourth-order valence-electron chi connectivity index (χ4n) is 1.71. The smallest absolute Gasteiger partial charge is 0.0342 e. The van der Waals surface area contributed by atoms with Gasteiger partial charge in [0.15, 0.2) is 0 Å². The number of para-hydroxylation sites is 1. The molecule has 0 aromatic heterocycles. The summed E-state index contributed by atoms with van der Waals surface area (Å²) in [6.45, 7) is 0. The molecule has 15 heavy (non-hydrogen) atoms. The first kappa shape index (κ1) is 12.5. The Balaban J connectivity index is 0.00000112. The summed E-state index contributed by atoms with van der Waals surface area (Å²) in [6, 6.07) is 10.7. The third kappa shape index (κ3) is 3.84. The second kappa shape index (κ2) is 6.13. The van der Waals surface area contributed by atoms with E-state index in [1.54, 1.807) is 0 Å². The zero-order valence-electron chi connectivity index (χ0n) is 8.52. The van der Waals surface area contributed by atoms with Crippen LogP contribution in [-0.2, 0) is 10.8 Å². The van der Waals surface area contributed by atoms with E-state index in [0.29, 0.717) is 6.04 Å². The molecule has 0 amide bonds. The van der Waals surface area contributed by atoms with Crippen LogP contribution in [0.2, 0.25) is 0 Å². The highest BCUT2D eigenvalue weighted by Crippen LogP contribution is 2.15. The first-order valence-electron chi connectivity index (χ1n) is 5.01. The van der Waals surface area contributed by atoms with Crippen LogP contribution in [-0.4, -0.2) is 21.8 Å². The van der Waals surface area contributed by atoms with Crippen LogP contribution in [0.1, 0.15) is 12.8 Å². The average molecular weight is 246 g/mol. The maximum absolute atomic E-state index is 11.1. The number of nitrogens with one attached hydrogen (secondary N) is 1. The van der Waals surface area contributed by atoms with Gasteiger partial charge in [0.25, 0.3) is 0 Å². The van der Waals surface area contributed by atoms with Crippen molar-refractivity contribution in [2.45, 2.75) is 18.9 Å². The Bertz CT molecular complexity index is 308. The summed E-state index contributed by atoms with van der Waals surface area (Å²) >= 11 is 0. The van der Waals surface area contributed by atoms with E-state index in [1.807, 2.05) is 18.2 Å². The van der Waals surface area contributed by atoms with Crippen molar-refractivity contribution in [1.29, 1.82) is 0 Å². The molecule has 2 rings (SSSR count). The molecule has 1 heterocycles. The van der Waals surface area contributed by atoms with Crippen molar-refractivity contribution in [3.8, 4) is 0 Å². The highest BCUT2D eigenvalue weighted by Gasteiger charge is 2.16. The summed E-state index contributed by atoms with van der Waals surface area (Å²) in [7, 11) is -0.559. The van der Waals surface area contributed by atoms with Crippen molar-refractivity contribution in [2.24, 2.45) is 0 Å². The predicted octanol–water partition coefficient (Wildman–Crippen LogP) is 2.43. The SMILES string of the molecule is Cl.O=S1CCC(Nc2ccccc2)CC1. The van der Waals surface area contributed by atoms with Crippen LogP contribution < -0.4 is 5.32 Å². The van der Waals surface area contributed by atoms with Crippen molar-refractivity contribution >= 4 is 28.9 Å². The van der Waals surface area contributed by atoms with Gasteiger partial charge in [-0.25, -0.2) is 0 Å². The van der Waals surface area contributed by atoms with Gasteiger partial charge in [-0.05, 0) is 25.0 Å². The molecule has 4 heteroatoms. The fraction of sp³-hybridized carbons (Fsp3) is 0.455. The highest BCUT2D eigenvalue weighted by atomic mass is 35.5. The van der Waals surface area contributed by atoms with E-state index in [1.165, 1.54) is 5.69 Å². The summed E-state index contributed by atoms with van der Waals surface area (Å²) in [5.74, 6) is 1.70. The van der Waals surface area contributed by atoms with Gasteiger partial charge in [-0.3, -0.25) is 4.21 Å². The maximum Gasteiger partial charge on any atom is 0.0342 e. The molecule has 0 saturated carbocycles. The van der Waals surface area contributed by atoms with Gasteiger partial charge in [0.2, 0.25) is 0 Å². The van der Waals surface area contributed by atoms with Crippen molar-refractivity contribution in [2.75, 3.05) is 16.8 Å². The minimum atomic E-state index is -0.559. The lowest BCUT2D eigenvalue weighted by Crippen LogP contribution is -2.29. The number of rotatable bonds is 2. The van der Waals surface area contributed by atoms with Crippen LogP contribution in [0.15, 0.2) is 30.3 Å². The van der Waals surface area contributed by atoms with Crippen LogP contribution in [0, 0.1) is 0 Å². The Morgan fingerprint density at radius 1 is 1.13 bits per heavy atom. The molecular formula is C11H16ClNOS. The van der Waals surface area contributed by atoms with Crippen LogP contribution in [0.5, 0.6) is 0 Å². The zero-order valence-corrected chi connectivity index (χ0v) is 10.2. The lowest BCUT2D eigenvalue weighted by Gasteiger charge is -2.23. The number of hydrogen-bond donors (Lipinski definition) is 1. The van der Waals surface area contributed by atoms with Crippen LogP contribution in [0.4, 0.5) is 5.69 Å². The summed E-state index contributed by atoms with van der Waals surface area (Å²) in [4.78, 5) is 0. The van der Waals surface area contributed by atoms with Crippen molar-refractivity contribution in [3.63, 3.8) is 0 Å². The summed E-state index contributed by atoms with van der Waals surface area (Å²) in [6.07, 6.45) is 2.06. The molecule has 0 unspecified atom stereocenters. The molecule has 1 N–H and O–H groups in total. The molecule has 84 valence electrons. The van der Waals surface area contributed by atoms with Gasteiger partial charge in [0, 0.05) is 34.0 Å². The molecule has 1 aromatic carbocycles. The molecule has 0 aliphatic carbocycles. The van der Waals surface area contributed by atoms with E-state index < -0.39 is 10.8 Å². The molecule has 1 fully saturated rings. The molecule has 0 bridgehead atoms. The third-order valence-corrected chi connectivity index (χ3v) is 3.91. The van der Waals surface area contributed by atoms with Gasteiger partial charge in [-0.1, -0.05) is 18.2 Å². The molecule has 0 atom stereocenters. The van der Waals surface area contributed by atoms with E-state index in [9.17, 15) is 4.21 Å². The fourth-order valence-corrected chi connectivity index (χ4v) is 3.01. The Morgan fingerprint density at radius 3 is 2.33 bits per heavy atom. The number of anilines is 1. The van der Waals surface area contributed by atoms with Gasteiger partial charge in [0.05, 0.1) is 0 Å². The monoisotopic (exact) mass is 245 g/mol. The zero-order chi connectivity index (χ0) is 9.80. The quantitative estimate of drug-likeness (QED) is 0.867. The Labute approximate surface area is 99.3 Å². The van der Waals surface area contributed by atoms with E-state index in [2.05, 4.69) is 17.4 Å². The van der Waals surface area contributed by atoms with Gasteiger partial charge >= 0.3 is 0 Å². The molecule has 0 spiro atoms. The Kier molecular flexibility index (Phi) is 5.12. The third-order valence-electron chi connectivity index (χ3n) is 2.53. The molecule has 2 nitrogen and oxygen atoms in total. The lowest BCUT2D eigenvalue weighted by molar-refractivity contribution is 0.624. The molecular weight excluding hydrogens is 230 g/mol. The molecule has 1 aromatic rings. The molecule has 0 radical (unpaired) electrons. The second-order valence-corrected chi connectivity index (χ2v) is 5.33. The topological polar surface area (TPSA) is 29.1 Å². The first-order chi connectivity index (χ1) is 6.84. The number of benzene rings is 1. The summed E-state index contributed by atoms with van der Waals surface area (Å²) in [5.41, 5.74) is 1.17. The largest absolute Gasteiger partial charge is 0.382 e. The molecule has 1 aliphatic heterocycles. The number of hydrogen-bond acceptors (Lipinski definition) is 2. The molecule has 1 aliphatic rings. The Morgan fingerprint density at radius 2 is 1.73 bits per heavy atom. The second-order valence-electron chi connectivity index (χ2n) is 3.63. The van der Waals surface area contributed by atoms with Crippen molar-refractivity contribution in [3.05, 3.63) is 30.3 Å². The average Bonchev–Trinajstić information content (AvgIpc) is 2.23. The van der Waals surface area contributed by atoms with E-state index in [-0.39, 0.29) is 12.4 Å². The van der Waals surface area contributed by atoms with E-state index >= 15 is 0 Å². The number of halogens is 1. The van der Waals surface area contributed by atoms with Gasteiger partial charge in [-0.15, -0.1) is 12.4 Å². The van der Waals surface area contributed by atoms with Crippen LogP contribution >= 0.6 is 12.4 Å². The first-order valence-corrected chi connectivity index (χ1v) is 6.50. The van der Waals surface area contributed by atoms with Crippen molar-refractivity contribution in [1.82, 2.24) is 0 Å². The Hall–Kier alpha value is -0.540. The van der Waals surface area contributed by atoms with Crippen LogP contribution in [0.3, 0.4) is 0 Å².